The second kappa shape index (κ2) is 5.80. The SMILES string of the molecule is CC(C)(C)C1=CCN(c2cccc(CNC3CC3)n2)CC1. The van der Waals surface area contributed by atoms with Gasteiger partial charge in [0.05, 0.1) is 5.69 Å². The van der Waals surface area contributed by atoms with E-state index in [1.54, 1.807) is 5.57 Å². The molecule has 3 rings (SSSR count). The molecular weight excluding hydrogens is 258 g/mol. The molecule has 3 nitrogen and oxygen atoms in total. The average molecular weight is 285 g/mol. The molecule has 1 N–H and O–H groups in total. The van der Waals surface area contributed by atoms with Crippen molar-refractivity contribution < 1.29 is 0 Å². The van der Waals surface area contributed by atoms with E-state index in [0.717, 1.165) is 43.6 Å². The lowest BCUT2D eigenvalue weighted by Crippen LogP contribution is -2.32. The van der Waals surface area contributed by atoms with E-state index in [9.17, 15) is 0 Å². The first-order valence-electron chi connectivity index (χ1n) is 8.16. The second-order valence-electron chi connectivity index (χ2n) is 7.32. The molecular formula is C18H27N3. The molecule has 3 heteroatoms. The van der Waals surface area contributed by atoms with Crippen molar-refractivity contribution in [1.29, 1.82) is 0 Å². The zero-order valence-corrected chi connectivity index (χ0v) is 13.5. The number of nitrogens with one attached hydrogen (secondary N) is 1. The van der Waals surface area contributed by atoms with E-state index in [2.05, 4.69) is 55.3 Å². The van der Waals surface area contributed by atoms with Crippen LogP contribution in [0.5, 0.6) is 0 Å². The van der Waals surface area contributed by atoms with Gasteiger partial charge in [-0.1, -0.05) is 38.5 Å². The summed E-state index contributed by atoms with van der Waals surface area (Å²) in [5.74, 6) is 1.12. The molecule has 0 aromatic carbocycles. The Morgan fingerprint density at radius 3 is 2.71 bits per heavy atom. The summed E-state index contributed by atoms with van der Waals surface area (Å²) in [6, 6.07) is 7.13. The van der Waals surface area contributed by atoms with Crippen molar-refractivity contribution in [2.45, 2.75) is 52.6 Å². The Labute approximate surface area is 128 Å². The second-order valence-corrected chi connectivity index (χ2v) is 7.32. The van der Waals surface area contributed by atoms with Gasteiger partial charge in [0.15, 0.2) is 0 Å². The molecule has 1 saturated carbocycles. The molecule has 2 heterocycles. The number of nitrogens with zero attached hydrogens (tertiary/aromatic N) is 2. The highest BCUT2D eigenvalue weighted by atomic mass is 15.2. The fraction of sp³-hybridized carbons (Fsp3) is 0.611. The van der Waals surface area contributed by atoms with Crippen LogP contribution in [0.15, 0.2) is 29.8 Å². The van der Waals surface area contributed by atoms with Crippen LogP contribution in [-0.4, -0.2) is 24.1 Å². The van der Waals surface area contributed by atoms with Crippen molar-refractivity contribution in [2.24, 2.45) is 5.41 Å². The maximum absolute atomic E-state index is 4.82. The molecule has 1 aliphatic heterocycles. The number of pyridine rings is 1. The van der Waals surface area contributed by atoms with E-state index in [-0.39, 0.29) is 0 Å². The minimum atomic E-state index is 0.301. The molecule has 21 heavy (non-hydrogen) atoms. The summed E-state index contributed by atoms with van der Waals surface area (Å²) in [5.41, 5.74) is 3.03. The topological polar surface area (TPSA) is 28.2 Å². The first-order valence-corrected chi connectivity index (χ1v) is 8.16. The highest BCUT2D eigenvalue weighted by molar-refractivity contribution is 5.42. The highest BCUT2D eigenvalue weighted by Gasteiger charge is 2.22. The third kappa shape index (κ3) is 3.85. The predicted octanol–water partition coefficient (Wildman–Crippen LogP) is 3.52. The summed E-state index contributed by atoms with van der Waals surface area (Å²) in [6.45, 7) is 9.87. The number of anilines is 1. The summed E-state index contributed by atoms with van der Waals surface area (Å²) < 4.78 is 0. The molecule has 0 bridgehead atoms. The van der Waals surface area contributed by atoms with Crippen molar-refractivity contribution in [3.05, 3.63) is 35.5 Å². The van der Waals surface area contributed by atoms with Crippen LogP contribution in [0, 0.1) is 5.41 Å². The Morgan fingerprint density at radius 1 is 1.29 bits per heavy atom. The molecule has 0 saturated heterocycles. The van der Waals surface area contributed by atoms with Gasteiger partial charge in [-0.2, -0.15) is 0 Å². The molecule has 1 aliphatic carbocycles. The first-order chi connectivity index (χ1) is 10.0. The van der Waals surface area contributed by atoms with Crippen LogP contribution in [0.4, 0.5) is 5.82 Å². The molecule has 1 aromatic heterocycles. The number of hydrogen-bond acceptors (Lipinski definition) is 3. The lowest BCUT2D eigenvalue weighted by Gasteiger charge is -2.33. The summed E-state index contributed by atoms with van der Waals surface area (Å²) in [7, 11) is 0. The van der Waals surface area contributed by atoms with Crippen molar-refractivity contribution in [1.82, 2.24) is 10.3 Å². The summed E-state index contributed by atoms with van der Waals surface area (Å²) in [5, 5.41) is 3.54. The van der Waals surface area contributed by atoms with Crippen molar-refractivity contribution in [2.75, 3.05) is 18.0 Å². The van der Waals surface area contributed by atoms with Gasteiger partial charge in [-0.15, -0.1) is 0 Å². The summed E-state index contributed by atoms with van der Waals surface area (Å²) >= 11 is 0. The maximum Gasteiger partial charge on any atom is 0.129 e. The number of rotatable bonds is 4. The third-order valence-electron chi connectivity index (χ3n) is 4.44. The monoisotopic (exact) mass is 285 g/mol. The van der Waals surface area contributed by atoms with Gasteiger partial charge in [0.1, 0.15) is 5.82 Å². The van der Waals surface area contributed by atoms with Crippen LogP contribution >= 0.6 is 0 Å². The summed E-state index contributed by atoms with van der Waals surface area (Å²) in [4.78, 5) is 7.20. The Balaban J connectivity index is 1.64. The Bertz CT molecular complexity index is 524. The van der Waals surface area contributed by atoms with Gasteiger partial charge in [-0.05, 0) is 36.8 Å². The van der Waals surface area contributed by atoms with Crippen LogP contribution in [0.2, 0.25) is 0 Å². The number of hydrogen-bond donors (Lipinski definition) is 1. The van der Waals surface area contributed by atoms with E-state index in [1.165, 1.54) is 12.8 Å². The van der Waals surface area contributed by atoms with Gasteiger partial charge in [0.25, 0.3) is 0 Å². The zero-order valence-electron chi connectivity index (χ0n) is 13.5. The van der Waals surface area contributed by atoms with Gasteiger partial charge in [0, 0.05) is 25.7 Å². The molecule has 1 aromatic rings. The lowest BCUT2D eigenvalue weighted by molar-refractivity contribution is 0.472. The van der Waals surface area contributed by atoms with Crippen LogP contribution in [-0.2, 0) is 6.54 Å². The van der Waals surface area contributed by atoms with Gasteiger partial charge < -0.3 is 10.2 Å². The Hall–Kier alpha value is -1.35. The Kier molecular flexibility index (Phi) is 4.03. The van der Waals surface area contributed by atoms with Gasteiger partial charge in [-0.3, -0.25) is 0 Å². The van der Waals surface area contributed by atoms with Crippen LogP contribution in [0.25, 0.3) is 0 Å². The van der Waals surface area contributed by atoms with Crippen LogP contribution in [0.1, 0.15) is 45.7 Å². The smallest absolute Gasteiger partial charge is 0.129 e. The van der Waals surface area contributed by atoms with E-state index < -0.39 is 0 Å². The number of aromatic nitrogens is 1. The molecule has 0 amide bonds. The van der Waals surface area contributed by atoms with E-state index >= 15 is 0 Å². The van der Waals surface area contributed by atoms with E-state index in [4.69, 9.17) is 4.98 Å². The summed E-state index contributed by atoms with van der Waals surface area (Å²) in [6.07, 6.45) is 6.19. The maximum atomic E-state index is 4.82. The third-order valence-corrected chi connectivity index (χ3v) is 4.44. The van der Waals surface area contributed by atoms with Crippen LogP contribution in [0.3, 0.4) is 0 Å². The standard InChI is InChI=1S/C18H27N3/c1-18(2,3)14-9-11-21(12-10-14)17-6-4-5-16(20-17)13-19-15-7-8-15/h4-6,9,15,19H,7-8,10-13H2,1-3H3. The van der Waals surface area contributed by atoms with Crippen LogP contribution < -0.4 is 10.2 Å². The molecule has 0 unspecified atom stereocenters. The van der Waals surface area contributed by atoms with Crippen molar-refractivity contribution in [3.8, 4) is 0 Å². The first kappa shape index (κ1) is 14.6. The van der Waals surface area contributed by atoms with Crippen molar-refractivity contribution in [3.63, 3.8) is 0 Å². The molecule has 1 fully saturated rings. The molecule has 0 radical (unpaired) electrons. The lowest BCUT2D eigenvalue weighted by atomic mass is 9.83. The van der Waals surface area contributed by atoms with E-state index in [0.29, 0.717) is 5.41 Å². The average Bonchev–Trinajstić information content (AvgIpc) is 3.29. The zero-order chi connectivity index (χ0) is 14.9. The van der Waals surface area contributed by atoms with E-state index in [1.807, 2.05) is 0 Å². The molecule has 2 aliphatic rings. The fourth-order valence-electron chi connectivity index (χ4n) is 2.84. The molecule has 0 atom stereocenters. The normalized spacial score (nSPS) is 19.6. The quantitative estimate of drug-likeness (QED) is 0.858. The predicted molar refractivity (Wildman–Crippen MR) is 88.5 cm³/mol. The van der Waals surface area contributed by atoms with Gasteiger partial charge >= 0.3 is 0 Å². The Morgan fingerprint density at radius 2 is 2.10 bits per heavy atom. The molecule has 114 valence electrons. The fourth-order valence-corrected chi connectivity index (χ4v) is 2.84. The van der Waals surface area contributed by atoms with Crippen molar-refractivity contribution >= 4 is 5.82 Å². The molecule has 0 spiro atoms. The minimum Gasteiger partial charge on any atom is -0.353 e. The minimum absolute atomic E-state index is 0.301. The largest absolute Gasteiger partial charge is 0.353 e. The van der Waals surface area contributed by atoms with Gasteiger partial charge in [-0.25, -0.2) is 4.98 Å². The van der Waals surface area contributed by atoms with Gasteiger partial charge in [0.2, 0.25) is 0 Å². The highest BCUT2D eigenvalue weighted by Crippen LogP contribution is 2.31.